The van der Waals surface area contributed by atoms with E-state index in [0.29, 0.717) is 17.7 Å². The molecule has 3 nitrogen and oxygen atoms in total. The van der Waals surface area contributed by atoms with Gasteiger partial charge in [-0.3, -0.25) is 0 Å². The third-order valence-corrected chi connectivity index (χ3v) is 4.74. The molecule has 0 aromatic carbocycles. The second-order valence-corrected chi connectivity index (χ2v) is 7.90. The molecule has 0 aliphatic rings. The predicted molar refractivity (Wildman–Crippen MR) is 84.3 cm³/mol. The van der Waals surface area contributed by atoms with Crippen LogP contribution in [0.4, 0.5) is 0 Å². The maximum atomic E-state index is 11.2. The fourth-order valence-electron chi connectivity index (χ4n) is 2.56. The zero-order chi connectivity index (χ0) is 14.7. The Labute approximate surface area is 120 Å². The van der Waals surface area contributed by atoms with Gasteiger partial charge in [-0.1, -0.05) is 40.0 Å². The topological polar surface area (TPSA) is 46.2 Å². The highest BCUT2D eigenvalue weighted by atomic mass is 32.2. The minimum absolute atomic E-state index is 0.321. The van der Waals surface area contributed by atoms with Crippen molar-refractivity contribution in [1.29, 1.82) is 0 Å². The molecule has 4 heteroatoms. The van der Waals surface area contributed by atoms with Crippen molar-refractivity contribution in [3.05, 3.63) is 0 Å². The summed E-state index contributed by atoms with van der Waals surface area (Å²) in [5.41, 5.74) is 0. The van der Waals surface area contributed by atoms with Crippen LogP contribution in [0.15, 0.2) is 0 Å². The van der Waals surface area contributed by atoms with Crippen LogP contribution in [0.25, 0.3) is 0 Å². The first-order chi connectivity index (χ1) is 8.94. The van der Waals surface area contributed by atoms with Crippen molar-refractivity contribution < 1.29 is 8.42 Å². The summed E-state index contributed by atoms with van der Waals surface area (Å²) >= 11 is 0. The Morgan fingerprint density at radius 1 is 1.00 bits per heavy atom. The van der Waals surface area contributed by atoms with Crippen molar-refractivity contribution in [3.63, 3.8) is 0 Å². The lowest BCUT2D eigenvalue weighted by Crippen LogP contribution is -2.37. The van der Waals surface area contributed by atoms with Crippen LogP contribution in [0.2, 0.25) is 0 Å². The van der Waals surface area contributed by atoms with Crippen molar-refractivity contribution in [2.45, 2.75) is 71.8 Å². The number of hydrogen-bond donors (Lipinski definition) is 1. The summed E-state index contributed by atoms with van der Waals surface area (Å²) in [4.78, 5) is 0. The molecule has 1 N–H and O–H groups in total. The van der Waals surface area contributed by atoms with E-state index in [-0.39, 0.29) is 0 Å². The van der Waals surface area contributed by atoms with Crippen molar-refractivity contribution in [2.24, 2.45) is 5.92 Å². The quantitative estimate of drug-likeness (QED) is 0.599. The van der Waals surface area contributed by atoms with Gasteiger partial charge in [-0.25, -0.2) is 8.42 Å². The monoisotopic (exact) mass is 291 g/mol. The van der Waals surface area contributed by atoms with Crippen molar-refractivity contribution in [2.75, 3.05) is 18.6 Å². The van der Waals surface area contributed by atoms with Crippen LogP contribution in [-0.4, -0.2) is 33.0 Å². The van der Waals surface area contributed by atoms with Gasteiger partial charge in [-0.2, -0.15) is 0 Å². The van der Waals surface area contributed by atoms with Gasteiger partial charge in [-0.05, 0) is 38.1 Å². The zero-order valence-electron chi connectivity index (χ0n) is 13.2. The van der Waals surface area contributed by atoms with E-state index in [2.05, 4.69) is 26.1 Å². The number of rotatable bonds is 12. The van der Waals surface area contributed by atoms with Gasteiger partial charge in [0.1, 0.15) is 9.84 Å². The molecule has 0 spiro atoms. The third kappa shape index (κ3) is 10.4. The smallest absolute Gasteiger partial charge is 0.147 e. The second kappa shape index (κ2) is 10.7. The fourth-order valence-corrected chi connectivity index (χ4v) is 3.25. The molecule has 2 atom stereocenters. The highest BCUT2D eigenvalue weighted by molar-refractivity contribution is 7.90. The molecular weight excluding hydrogens is 258 g/mol. The molecule has 116 valence electrons. The Morgan fingerprint density at radius 2 is 1.68 bits per heavy atom. The van der Waals surface area contributed by atoms with Gasteiger partial charge < -0.3 is 5.32 Å². The summed E-state index contributed by atoms with van der Waals surface area (Å²) in [5.74, 6) is 1.01. The number of hydrogen-bond acceptors (Lipinski definition) is 3. The first kappa shape index (κ1) is 18.9. The number of nitrogens with one attached hydrogen (secondary N) is 1. The van der Waals surface area contributed by atoms with E-state index in [1.165, 1.54) is 31.9 Å². The van der Waals surface area contributed by atoms with Crippen molar-refractivity contribution >= 4 is 9.84 Å². The molecule has 0 saturated carbocycles. The Kier molecular flexibility index (Phi) is 10.6. The van der Waals surface area contributed by atoms with E-state index in [9.17, 15) is 8.42 Å². The summed E-state index contributed by atoms with van der Waals surface area (Å²) in [5, 5.41) is 3.62. The van der Waals surface area contributed by atoms with E-state index >= 15 is 0 Å². The Hall–Kier alpha value is -0.0900. The lowest BCUT2D eigenvalue weighted by atomic mass is 9.88. The molecule has 19 heavy (non-hydrogen) atoms. The van der Waals surface area contributed by atoms with Crippen LogP contribution in [0.5, 0.6) is 0 Å². The Balaban J connectivity index is 4.32. The maximum absolute atomic E-state index is 11.2. The largest absolute Gasteiger partial charge is 0.314 e. The summed E-state index contributed by atoms with van der Waals surface area (Å²) in [6, 6.07) is 0.484. The van der Waals surface area contributed by atoms with Gasteiger partial charge in [-0.15, -0.1) is 0 Å². The van der Waals surface area contributed by atoms with E-state index in [1.54, 1.807) is 0 Å². The van der Waals surface area contributed by atoms with Crippen LogP contribution in [0, 0.1) is 5.92 Å². The van der Waals surface area contributed by atoms with Crippen LogP contribution in [0.3, 0.4) is 0 Å². The Morgan fingerprint density at radius 3 is 2.16 bits per heavy atom. The van der Waals surface area contributed by atoms with Crippen LogP contribution >= 0.6 is 0 Å². The Bertz CT molecular complexity index is 301. The minimum atomic E-state index is -2.82. The molecular formula is C15H33NO2S. The van der Waals surface area contributed by atoms with Gasteiger partial charge in [0.15, 0.2) is 0 Å². The number of sulfone groups is 1. The van der Waals surface area contributed by atoms with Crippen LogP contribution < -0.4 is 5.32 Å². The first-order valence-electron chi connectivity index (χ1n) is 7.85. The summed E-state index contributed by atoms with van der Waals surface area (Å²) in [6.07, 6.45) is 9.17. The van der Waals surface area contributed by atoms with Gasteiger partial charge in [0.2, 0.25) is 0 Å². The highest BCUT2D eigenvalue weighted by Crippen LogP contribution is 2.20. The van der Waals surface area contributed by atoms with Gasteiger partial charge in [0, 0.05) is 18.1 Å². The van der Waals surface area contributed by atoms with Gasteiger partial charge >= 0.3 is 0 Å². The predicted octanol–water partition coefficient (Wildman–Crippen LogP) is 3.40. The molecule has 0 saturated heterocycles. The average molecular weight is 292 g/mol. The molecule has 2 unspecified atom stereocenters. The first-order valence-corrected chi connectivity index (χ1v) is 9.91. The van der Waals surface area contributed by atoms with Crippen LogP contribution in [-0.2, 0) is 9.84 Å². The van der Waals surface area contributed by atoms with Crippen LogP contribution in [0.1, 0.15) is 65.7 Å². The maximum Gasteiger partial charge on any atom is 0.147 e. The summed E-state index contributed by atoms with van der Waals surface area (Å²) < 4.78 is 22.4. The highest BCUT2D eigenvalue weighted by Gasteiger charge is 2.19. The summed E-state index contributed by atoms with van der Waals surface area (Å²) in [7, 11) is -2.82. The molecule has 0 amide bonds. The van der Waals surface area contributed by atoms with Crippen molar-refractivity contribution in [1.82, 2.24) is 5.32 Å². The standard InChI is InChI=1S/C15H33NO2S/c1-5-8-10-14(7-3)15(16-12-6-2)11-9-13-19(4,17)18/h14-16H,5-13H2,1-4H3. The normalized spacial score (nSPS) is 15.4. The van der Waals surface area contributed by atoms with E-state index in [0.717, 1.165) is 25.8 Å². The minimum Gasteiger partial charge on any atom is -0.314 e. The zero-order valence-corrected chi connectivity index (χ0v) is 14.1. The van der Waals surface area contributed by atoms with E-state index in [1.807, 2.05) is 0 Å². The summed E-state index contributed by atoms with van der Waals surface area (Å²) in [6.45, 7) is 7.68. The van der Waals surface area contributed by atoms with E-state index < -0.39 is 9.84 Å². The van der Waals surface area contributed by atoms with E-state index in [4.69, 9.17) is 0 Å². The SMILES string of the molecule is CCCCC(CC)C(CCCS(C)(=O)=O)NCCC. The third-order valence-electron chi connectivity index (χ3n) is 3.71. The molecule has 0 aromatic rings. The lowest BCUT2D eigenvalue weighted by molar-refractivity contribution is 0.301. The molecule has 0 rings (SSSR count). The van der Waals surface area contributed by atoms with Gasteiger partial charge in [0.05, 0.1) is 0 Å². The van der Waals surface area contributed by atoms with Gasteiger partial charge in [0.25, 0.3) is 0 Å². The fraction of sp³-hybridized carbons (Fsp3) is 1.00. The molecule has 0 aromatic heterocycles. The molecule has 0 radical (unpaired) electrons. The average Bonchev–Trinajstić information content (AvgIpc) is 2.34. The molecule has 0 bridgehead atoms. The lowest BCUT2D eigenvalue weighted by Gasteiger charge is -2.27. The van der Waals surface area contributed by atoms with Crippen molar-refractivity contribution in [3.8, 4) is 0 Å². The molecule has 0 aliphatic heterocycles. The second-order valence-electron chi connectivity index (χ2n) is 5.64. The molecule has 0 aliphatic carbocycles. The molecule has 0 heterocycles. The molecule has 0 fully saturated rings. The number of unbranched alkanes of at least 4 members (excludes halogenated alkanes) is 1.